The number of rotatable bonds is 9. The normalized spacial score (nSPS) is 17.3. The van der Waals surface area contributed by atoms with Crippen molar-refractivity contribution in [2.45, 2.75) is 51.6 Å². The van der Waals surface area contributed by atoms with Gasteiger partial charge in [0.05, 0.1) is 13.0 Å². The van der Waals surface area contributed by atoms with Crippen molar-refractivity contribution in [2.24, 2.45) is 0 Å². The maximum atomic E-state index is 12.5. The largest absolute Gasteiger partial charge is 0.507 e. The molecule has 2 fully saturated rings. The molecule has 0 atom stereocenters. The Morgan fingerprint density at radius 1 is 0.839 bits per heavy atom. The topological polar surface area (TPSA) is 53.0 Å². The van der Waals surface area contributed by atoms with E-state index in [1.54, 1.807) is 0 Å². The maximum absolute atomic E-state index is 12.5. The lowest BCUT2D eigenvalue weighted by Crippen LogP contribution is -2.21. The molecule has 0 aliphatic carbocycles. The van der Waals surface area contributed by atoms with Crippen LogP contribution in [0, 0.1) is 0 Å². The van der Waals surface area contributed by atoms with Gasteiger partial charge in [0.25, 0.3) is 0 Å². The molecule has 1 N–H and O–H groups in total. The second-order valence-corrected chi connectivity index (χ2v) is 8.86. The Hall–Kier alpha value is -2.37. The van der Waals surface area contributed by atoms with E-state index in [0.29, 0.717) is 12.4 Å². The summed E-state index contributed by atoms with van der Waals surface area (Å²) in [5.41, 5.74) is 3.98. The van der Waals surface area contributed by atoms with Gasteiger partial charge in [-0.05, 0) is 63.0 Å². The van der Waals surface area contributed by atoms with Crippen molar-refractivity contribution in [1.29, 1.82) is 0 Å². The van der Waals surface area contributed by atoms with Gasteiger partial charge in [0.1, 0.15) is 5.75 Å². The Bertz CT molecular complexity index is 817. The number of benzene rings is 2. The number of aromatic hydroxyl groups is 1. The second-order valence-electron chi connectivity index (χ2n) is 8.86. The van der Waals surface area contributed by atoms with Gasteiger partial charge in [-0.3, -0.25) is 14.6 Å². The highest BCUT2D eigenvalue weighted by molar-refractivity contribution is 5.73. The minimum Gasteiger partial charge on any atom is -0.507 e. The van der Waals surface area contributed by atoms with E-state index in [-0.39, 0.29) is 12.4 Å². The van der Waals surface area contributed by atoms with Crippen LogP contribution in [0.15, 0.2) is 42.5 Å². The molecule has 2 aliphatic rings. The third-order valence-electron chi connectivity index (χ3n) is 6.36. The molecule has 2 aliphatic heterocycles. The molecular weight excluding hydrogens is 388 g/mol. The summed E-state index contributed by atoms with van der Waals surface area (Å²) in [5.74, 6) is 0.195. The van der Waals surface area contributed by atoms with Crippen molar-refractivity contribution >= 4 is 5.97 Å². The third kappa shape index (κ3) is 6.31. The number of ether oxygens (including phenoxy) is 1. The first-order valence-corrected chi connectivity index (χ1v) is 11.7. The van der Waals surface area contributed by atoms with Gasteiger partial charge in [0.15, 0.2) is 0 Å². The molecule has 4 rings (SSSR count). The summed E-state index contributed by atoms with van der Waals surface area (Å²) in [4.78, 5) is 17.3. The van der Waals surface area contributed by atoms with Crippen LogP contribution in [0.5, 0.6) is 5.75 Å². The number of nitrogens with zero attached hydrogens (tertiary/aromatic N) is 2. The van der Waals surface area contributed by atoms with Gasteiger partial charge >= 0.3 is 5.97 Å². The fourth-order valence-corrected chi connectivity index (χ4v) is 4.68. The number of likely N-dealkylation sites (tertiary alicyclic amines) is 2. The Kier molecular flexibility index (Phi) is 7.60. The van der Waals surface area contributed by atoms with Crippen LogP contribution >= 0.6 is 0 Å². The zero-order chi connectivity index (χ0) is 21.5. The maximum Gasteiger partial charge on any atom is 0.310 e. The molecule has 0 amide bonds. The molecule has 5 heteroatoms. The predicted molar refractivity (Wildman–Crippen MR) is 122 cm³/mol. The van der Waals surface area contributed by atoms with Crippen molar-refractivity contribution in [3.05, 3.63) is 64.7 Å². The number of hydrogen-bond donors (Lipinski definition) is 1. The molecule has 0 spiro atoms. The van der Waals surface area contributed by atoms with E-state index in [1.165, 1.54) is 31.2 Å². The van der Waals surface area contributed by atoms with Crippen molar-refractivity contribution < 1.29 is 14.6 Å². The summed E-state index contributed by atoms with van der Waals surface area (Å²) in [6.45, 7) is 6.19. The molecule has 2 heterocycles. The summed E-state index contributed by atoms with van der Waals surface area (Å²) in [5, 5.41) is 11.0. The summed E-state index contributed by atoms with van der Waals surface area (Å²) in [6, 6.07) is 14.1. The van der Waals surface area contributed by atoms with Gasteiger partial charge in [-0.25, -0.2) is 0 Å². The van der Waals surface area contributed by atoms with Crippen LogP contribution in [0.2, 0.25) is 0 Å². The van der Waals surface area contributed by atoms with E-state index in [0.717, 1.165) is 62.4 Å². The average Bonchev–Trinajstić information content (AvgIpc) is 3.46. The van der Waals surface area contributed by atoms with E-state index in [9.17, 15) is 9.90 Å². The number of hydrogen-bond acceptors (Lipinski definition) is 5. The van der Waals surface area contributed by atoms with E-state index < -0.39 is 0 Å². The average molecular weight is 423 g/mol. The highest BCUT2D eigenvalue weighted by Crippen LogP contribution is 2.29. The van der Waals surface area contributed by atoms with Crippen LogP contribution in [0.4, 0.5) is 0 Å². The van der Waals surface area contributed by atoms with Crippen LogP contribution in [0.3, 0.4) is 0 Å². The minimum absolute atomic E-state index is 0.208. The lowest BCUT2D eigenvalue weighted by Gasteiger charge is -2.21. The molecule has 0 aromatic heterocycles. The summed E-state index contributed by atoms with van der Waals surface area (Å²) in [7, 11) is 0. The Morgan fingerprint density at radius 3 is 1.94 bits per heavy atom. The molecular formula is C26H34N2O3. The van der Waals surface area contributed by atoms with Gasteiger partial charge in [0, 0.05) is 30.6 Å². The lowest BCUT2D eigenvalue weighted by atomic mass is 10.0. The Balaban J connectivity index is 1.42. The number of esters is 1. The fourth-order valence-electron chi connectivity index (χ4n) is 4.68. The van der Waals surface area contributed by atoms with Gasteiger partial charge in [-0.15, -0.1) is 0 Å². The second kappa shape index (κ2) is 10.8. The zero-order valence-corrected chi connectivity index (χ0v) is 18.4. The van der Waals surface area contributed by atoms with E-state index in [1.807, 2.05) is 42.5 Å². The van der Waals surface area contributed by atoms with Gasteiger partial charge in [-0.2, -0.15) is 0 Å². The van der Waals surface area contributed by atoms with Crippen molar-refractivity contribution in [2.75, 3.05) is 32.8 Å². The molecule has 166 valence electrons. The smallest absolute Gasteiger partial charge is 0.310 e. The molecule has 0 bridgehead atoms. The zero-order valence-electron chi connectivity index (χ0n) is 18.4. The highest BCUT2D eigenvalue weighted by atomic mass is 16.5. The van der Waals surface area contributed by atoms with E-state index >= 15 is 0 Å². The highest BCUT2D eigenvalue weighted by Gasteiger charge is 2.20. The van der Waals surface area contributed by atoms with Crippen molar-refractivity contribution in [1.82, 2.24) is 9.80 Å². The first kappa shape index (κ1) is 21.8. The van der Waals surface area contributed by atoms with Gasteiger partial charge in [-0.1, -0.05) is 42.5 Å². The SMILES string of the molecule is O=C(Cc1cc(CN2CCCC2)c(O)c(CN2CCCC2)c1)OCCc1ccccc1. The molecule has 0 radical (unpaired) electrons. The van der Waals surface area contributed by atoms with Gasteiger partial charge < -0.3 is 9.84 Å². The predicted octanol–water partition coefficient (Wildman–Crippen LogP) is 3.91. The summed E-state index contributed by atoms with van der Waals surface area (Å²) < 4.78 is 5.50. The Morgan fingerprint density at radius 2 is 1.39 bits per heavy atom. The lowest BCUT2D eigenvalue weighted by molar-refractivity contribution is -0.142. The van der Waals surface area contributed by atoms with Crippen LogP contribution in [0.25, 0.3) is 0 Å². The molecule has 2 aromatic rings. The standard InChI is InChI=1S/C26H34N2O3/c29-25(31-15-10-21-8-2-1-3-9-21)18-22-16-23(19-27-11-4-5-12-27)26(30)24(17-22)20-28-13-6-7-14-28/h1-3,8-9,16-17,30H,4-7,10-15,18-20H2. The molecule has 2 aromatic carbocycles. The first-order chi connectivity index (χ1) is 15.2. The van der Waals surface area contributed by atoms with Gasteiger partial charge in [0.2, 0.25) is 0 Å². The van der Waals surface area contributed by atoms with Crippen LogP contribution in [-0.4, -0.2) is 53.7 Å². The Labute approximate surface area is 185 Å². The van der Waals surface area contributed by atoms with Crippen LogP contribution < -0.4 is 0 Å². The fraction of sp³-hybridized carbons (Fsp3) is 0.500. The molecule has 0 unspecified atom stereocenters. The monoisotopic (exact) mass is 422 g/mol. The van der Waals surface area contributed by atoms with E-state index in [4.69, 9.17) is 4.74 Å². The summed E-state index contributed by atoms with van der Waals surface area (Å²) in [6.07, 6.45) is 5.84. The van der Waals surface area contributed by atoms with Crippen LogP contribution in [-0.2, 0) is 35.5 Å². The first-order valence-electron chi connectivity index (χ1n) is 11.7. The van der Waals surface area contributed by atoms with Crippen molar-refractivity contribution in [3.63, 3.8) is 0 Å². The molecule has 0 saturated carbocycles. The third-order valence-corrected chi connectivity index (χ3v) is 6.36. The number of phenolic OH excluding ortho intramolecular Hbond substituents is 1. The number of carbonyl (C=O) groups is 1. The summed E-state index contributed by atoms with van der Waals surface area (Å²) >= 11 is 0. The molecule has 2 saturated heterocycles. The number of carbonyl (C=O) groups excluding carboxylic acids is 1. The quantitative estimate of drug-likeness (QED) is 0.621. The van der Waals surface area contributed by atoms with E-state index in [2.05, 4.69) is 9.80 Å². The van der Waals surface area contributed by atoms with Crippen LogP contribution in [0.1, 0.15) is 47.9 Å². The molecule has 5 nitrogen and oxygen atoms in total. The molecule has 31 heavy (non-hydrogen) atoms. The minimum atomic E-state index is -0.208. The van der Waals surface area contributed by atoms with Crippen molar-refractivity contribution in [3.8, 4) is 5.75 Å². The number of phenols is 1.